The van der Waals surface area contributed by atoms with Crippen LogP contribution >= 0.6 is 23.2 Å². The van der Waals surface area contributed by atoms with E-state index in [2.05, 4.69) is 9.98 Å². The van der Waals surface area contributed by atoms with E-state index >= 15 is 0 Å². The molecule has 0 aliphatic rings. The lowest BCUT2D eigenvalue weighted by atomic mass is 10.4. The third-order valence-electron chi connectivity index (χ3n) is 1.03. The molecule has 0 aromatic carbocycles. The van der Waals surface area contributed by atoms with Crippen molar-refractivity contribution in [1.29, 1.82) is 0 Å². The summed E-state index contributed by atoms with van der Waals surface area (Å²) in [6, 6.07) is 0.905. The third-order valence-corrected chi connectivity index (χ3v) is 1.58. The van der Waals surface area contributed by atoms with E-state index in [9.17, 15) is 9.18 Å². The largest absolute Gasteiger partial charge is 0.240 e. The van der Waals surface area contributed by atoms with E-state index in [0.717, 1.165) is 6.07 Å². The van der Waals surface area contributed by atoms with Crippen molar-refractivity contribution in [2.24, 2.45) is 4.99 Å². The minimum atomic E-state index is -0.782. The first kappa shape index (κ1) is 9.13. The summed E-state index contributed by atoms with van der Waals surface area (Å²) in [5.41, 5.74) is -0.0893. The number of carbonyl (C=O) groups excluding carboxylic acids is 1. The van der Waals surface area contributed by atoms with E-state index in [0.29, 0.717) is 0 Å². The van der Waals surface area contributed by atoms with Gasteiger partial charge in [0.2, 0.25) is 6.08 Å². The molecule has 0 saturated carbocycles. The molecule has 0 bridgehead atoms. The van der Waals surface area contributed by atoms with Gasteiger partial charge in [0.25, 0.3) is 0 Å². The average Bonchev–Trinajstić information content (AvgIpc) is 2.01. The summed E-state index contributed by atoms with van der Waals surface area (Å²) >= 11 is 10.7. The van der Waals surface area contributed by atoms with Gasteiger partial charge < -0.3 is 0 Å². The lowest BCUT2D eigenvalue weighted by Crippen LogP contribution is -1.83. The van der Waals surface area contributed by atoms with Crippen LogP contribution in [0.15, 0.2) is 11.1 Å². The van der Waals surface area contributed by atoms with Crippen LogP contribution in [-0.2, 0) is 4.79 Å². The van der Waals surface area contributed by atoms with Crippen molar-refractivity contribution in [3.8, 4) is 0 Å². The molecule has 0 aliphatic carbocycles. The highest BCUT2D eigenvalue weighted by Crippen LogP contribution is 2.26. The van der Waals surface area contributed by atoms with Gasteiger partial charge in [-0.2, -0.15) is 4.99 Å². The predicted molar refractivity (Wildman–Crippen MR) is 42.0 cm³/mol. The molecule has 0 atom stereocenters. The normalized spacial score (nSPS) is 9.25. The molecule has 0 aliphatic heterocycles. The number of aliphatic imine (C=N–C) groups is 1. The van der Waals surface area contributed by atoms with Crippen molar-refractivity contribution in [2.45, 2.75) is 0 Å². The van der Waals surface area contributed by atoms with Gasteiger partial charge >= 0.3 is 0 Å². The maximum atomic E-state index is 12.6. The number of halogens is 3. The quantitative estimate of drug-likeness (QED) is 0.403. The van der Waals surface area contributed by atoms with Gasteiger partial charge in [-0.25, -0.2) is 14.2 Å². The monoisotopic (exact) mass is 206 g/mol. The minimum Gasteiger partial charge on any atom is -0.219 e. The number of rotatable bonds is 1. The van der Waals surface area contributed by atoms with Gasteiger partial charge in [0.15, 0.2) is 16.1 Å². The van der Waals surface area contributed by atoms with Gasteiger partial charge in [-0.15, -0.1) is 0 Å². The van der Waals surface area contributed by atoms with Crippen LogP contribution in [0.3, 0.4) is 0 Å². The Morgan fingerprint density at radius 1 is 1.50 bits per heavy atom. The van der Waals surface area contributed by atoms with Gasteiger partial charge in [0, 0.05) is 6.07 Å². The molecule has 0 N–H and O–H groups in total. The molecule has 0 spiro atoms. The number of hydrogen-bond donors (Lipinski definition) is 0. The highest BCUT2D eigenvalue weighted by Gasteiger charge is 2.07. The van der Waals surface area contributed by atoms with Crippen LogP contribution in [0, 0.1) is 5.82 Å². The fourth-order valence-corrected chi connectivity index (χ4v) is 0.927. The number of hydrogen-bond acceptors (Lipinski definition) is 3. The van der Waals surface area contributed by atoms with Crippen molar-refractivity contribution in [1.82, 2.24) is 4.98 Å². The molecule has 3 nitrogen and oxygen atoms in total. The summed E-state index contributed by atoms with van der Waals surface area (Å²) in [5.74, 6) is -0.782. The Morgan fingerprint density at radius 2 is 2.17 bits per heavy atom. The molecule has 0 saturated heterocycles. The van der Waals surface area contributed by atoms with E-state index in [1.165, 1.54) is 6.08 Å². The molecule has 62 valence electrons. The number of aromatic nitrogens is 1. The Hall–Kier alpha value is -0.960. The Labute approximate surface area is 76.8 Å². The third kappa shape index (κ3) is 1.80. The predicted octanol–water partition coefficient (Wildman–Crippen LogP) is 2.49. The molecule has 6 heteroatoms. The molecule has 1 heterocycles. The summed E-state index contributed by atoms with van der Waals surface area (Å²) in [6.45, 7) is 0. The van der Waals surface area contributed by atoms with Crippen molar-refractivity contribution in [3.05, 3.63) is 22.2 Å². The maximum absolute atomic E-state index is 12.6. The smallest absolute Gasteiger partial charge is 0.219 e. The molecule has 0 unspecified atom stereocenters. The first-order valence-electron chi connectivity index (χ1n) is 2.74. The zero-order valence-corrected chi connectivity index (χ0v) is 7.03. The Balaban J connectivity index is 3.32. The maximum Gasteiger partial charge on any atom is 0.240 e. The van der Waals surface area contributed by atoms with E-state index in [1.54, 1.807) is 0 Å². The first-order chi connectivity index (χ1) is 5.65. The summed E-state index contributed by atoms with van der Waals surface area (Å²) in [6.07, 6.45) is 1.21. The van der Waals surface area contributed by atoms with E-state index in [1.807, 2.05) is 0 Å². The number of pyridine rings is 1. The van der Waals surface area contributed by atoms with Crippen LogP contribution in [0.2, 0.25) is 10.3 Å². The first-order valence-corrected chi connectivity index (χ1v) is 3.50. The van der Waals surface area contributed by atoms with Gasteiger partial charge in [-0.1, -0.05) is 23.2 Å². The van der Waals surface area contributed by atoms with E-state index in [4.69, 9.17) is 23.2 Å². The van der Waals surface area contributed by atoms with Crippen LogP contribution < -0.4 is 0 Å². The lowest BCUT2D eigenvalue weighted by molar-refractivity contribution is 0.565. The molecular weight excluding hydrogens is 206 g/mol. The molecular formula is C6HCl2FN2O. The second kappa shape index (κ2) is 3.63. The summed E-state index contributed by atoms with van der Waals surface area (Å²) in [5, 5.41) is -0.491. The fraction of sp³-hybridized carbons (Fsp3) is 0. The van der Waals surface area contributed by atoms with Gasteiger partial charge in [-0.05, 0) is 0 Å². The molecule has 0 radical (unpaired) electrons. The van der Waals surface area contributed by atoms with Crippen LogP contribution in [0.5, 0.6) is 0 Å². The summed E-state index contributed by atoms with van der Waals surface area (Å²) in [4.78, 5) is 16.3. The standard InChI is InChI=1S/C6HCl2FN2O/c7-5-3(9)1-4(10-2-12)6(8)11-5/h1H. The number of isocyanates is 1. The van der Waals surface area contributed by atoms with E-state index < -0.39 is 5.82 Å². The van der Waals surface area contributed by atoms with Crippen LogP contribution in [0.25, 0.3) is 0 Å². The lowest BCUT2D eigenvalue weighted by Gasteiger charge is -1.96. The number of nitrogens with zero attached hydrogens (tertiary/aromatic N) is 2. The summed E-state index contributed by atoms with van der Waals surface area (Å²) in [7, 11) is 0. The van der Waals surface area contributed by atoms with Crippen molar-refractivity contribution in [3.63, 3.8) is 0 Å². The fourth-order valence-electron chi connectivity index (χ4n) is 0.564. The van der Waals surface area contributed by atoms with Crippen molar-refractivity contribution < 1.29 is 9.18 Å². The Bertz CT molecular complexity index is 363. The topological polar surface area (TPSA) is 42.3 Å². The van der Waals surface area contributed by atoms with Gasteiger partial charge in [0.05, 0.1) is 0 Å². The van der Waals surface area contributed by atoms with Crippen molar-refractivity contribution in [2.75, 3.05) is 0 Å². The summed E-state index contributed by atoms with van der Waals surface area (Å²) < 4.78 is 12.6. The average molecular weight is 207 g/mol. The zero-order chi connectivity index (χ0) is 9.14. The SMILES string of the molecule is O=C=Nc1cc(F)c(Cl)nc1Cl. The minimum absolute atomic E-state index is 0.0893. The molecule has 1 rings (SSSR count). The molecule has 0 fully saturated rings. The molecule has 12 heavy (non-hydrogen) atoms. The molecule has 1 aromatic heterocycles. The molecule has 0 amide bonds. The second-order valence-electron chi connectivity index (χ2n) is 1.77. The van der Waals surface area contributed by atoms with Crippen LogP contribution in [-0.4, -0.2) is 11.1 Å². The highest BCUT2D eigenvalue weighted by molar-refractivity contribution is 6.34. The van der Waals surface area contributed by atoms with Crippen LogP contribution in [0.4, 0.5) is 10.1 Å². The Morgan fingerprint density at radius 3 is 2.75 bits per heavy atom. The van der Waals surface area contributed by atoms with Crippen LogP contribution in [0.1, 0.15) is 0 Å². The zero-order valence-electron chi connectivity index (χ0n) is 5.51. The van der Waals surface area contributed by atoms with E-state index in [-0.39, 0.29) is 16.0 Å². The highest BCUT2D eigenvalue weighted by atomic mass is 35.5. The second-order valence-corrected chi connectivity index (χ2v) is 2.49. The van der Waals surface area contributed by atoms with Gasteiger partial charge in [-0.3, -0.25) is 0 Å². The molecule has 1 aromatic rings. The Kier molecular flexibility index (Phi) is 2.76. The van der Waals surface area contributed by atoms with Crippen molar-refractivity contribution >= 4 is 35.0 Å². The van der Waals surface area contributed by atoms with Gasteiger partial charge in [0.1, 0.15) is 5.69 Å².